The third kappa shape index (κ3) is 7.57. The van der Waals surface area contributed by atoms with E-state index in [1.165, 1.54) is 17.5 Å². The fourth-order valence-electron chi connectivity index (χ4n) is 5.01. The first-order valence-electron chi connectivity index (χ1n) is 11.9. The van der Waals surface area contributed by atoms with Crippen LogP contribution in [0.2, 0.25) is 0 Å². The fourth-order valence-corrected chi connectivity index (χ4v) is 5.01. The number of aliphatic imine (C=N–C) groups is 1. The van der Waals surface area contributed by atoms with Gasteiger partial charge in [-0.25, -0.2) is 0 Å². The second-order valence-electron chi connectivity index (χ2n) is 9.45. The summed E-state index contributed by atoms with van der Waals surface area (Å²) in [5.74, 6) is 1.55. The van der Waals surface area contributed by atoms with Crippen LogP contribution in [0.4, 0.5) is 0 Å². The molecular formula is C25H43IN4O2. The van der Waals surface area contributed by atoms with E-state index in [9.17, 15) is 0 Å². The van der Waals surface area contributed by atoms with Crippen LogP contribution < -0.4 is 10.6 Å². The summed E-state index contributed by atoms with van der Waals surface area (Å²) in [6.45, 7) is 13.9. The molecule has 7 heteroatoms. The van der Waals surface area contributed by atoms with E-state index in [4.69, 9.17) is 9.47 Å². The van der Waals surface area contributed by atoms with Crippen molar-refractivity contribution in [3.8, 4) is 0 Å². The number of halogens is 1. The molecule has 0 aromatic heterocycles. The van der Waals surface area contributed by atoms with Crippen LogP contribution in [-0.4, -0.2) is 76.6 Å². The zero-order valence-electron chi connectivity index (χ0n) is 20.4. The third-order valence-electron chi connectivity index (χ3n) is 6.79. The van der Waals surface area contributed by atoms with E-state index in [0.29, 0.717) is 12.0 Å². The maximum absolute atomic E-state index is 5.71. The molecule has 1 aromatic rings. The van der Waals surface area contributed by atoms with E-state index in [-0.39, 0.29) is 29.4 Å². The smallest absolute Gasteiger partial charge is 0.191 e. The molecule has 0 amide bonds. The lowest BCUT2D eigenvalue weighted by Crippen LogP contribution is -2.53. The molecule has 0 spiro atoms. The standard InChI is InChI=1S/C25H42N4O2.HI/c1-20(2)17-22(29-11-15-31-16-12-29)18-27-24(26-4)28-19-25(9-13-30-14-10-25)23-8-6-5-7-21(23)3;/h5-8,20,22H,9-19H2,1-4H3,(H2,26,27,28);1H. The Hall–Kier alpha value is -0.900. The van der Waals surface area contributed by atoms with Crippen molar-refractivity contribution in [2.75, 3.05) is 59.7 Å². The molecule has 2 aliphatic heterocycles. The van der Waals surface area contributed by atoms with Crippen molar-refractivity contribution >= 4 is 29.9 Å². The molecule has 1 unspecified atom stereocenters. The first-order chi connectivity index (χ1) is 15.0. The van der Waals surface area contributed by atoms with Gasteiger partial charge in [0.05, 0.1) is 13.2 Å². The van der Waals surface area contributed by atoms with Crippen LogP contribution in [0, 0.1) is 12.8 Å². The molecule has 2 fully saturated rings. The quantitative estimate of drug-likeness (QED) is 0.290. The second-order valence-corrected chi connectivity index (χ2v) is 9.45. The molecule has 6 nitrogen and oxygen atoms in total. The summed E-state index contributed by atoms with van der Waals surface area (Å²) < 4.78 is 11.3. The van der Waals surface area contributed by atoms with Crippen molar-refractivity contribution in [3.63, 3.8) is 0 Å². The zero-order valence-corrected chi connectivity index (χ0v) is 22.7. The van der Waals surface area contributed by atoms with Crippen LogP contribution in [0.5, 0.6) is 0 Å². The Balaban J connectivity index is 0.00000363. The van der Waals surface area contributed by atoms with Crippen LogP contribution in [0.1, 0.15) is 44.2 Å². The minimum absolute atomic E-state index is 0. The molecule has 2 N–H and O–H groups in total. The summed E-state index contributed by atoms with van der Waals surface area (Å²) in [6.07, 6.45) is 3.24. The molecular weight excluding hydrogens is 515 g/mol. The topological polar surface area (TPSA) is 58.1 Å². The van der Waals surface area contributed by atoms with E-state index >= 15 is 0 Å². The molecule has 0 aliphatic carbocycles. The predicted molar refractivity (Wildman–Crippen MR) is 143 cm³/mol. The van der Waals surface area contributed by atoms with Crippen LogP contribution in [0.15, 0.2) is 29.3 Å². The highest BCUT2D eigenvalue weighted by Gasteiger charge is 2.35. The van der Waals surface area contributed by atoms with Crippen molar-refractivity contribution < 1.29 is 9.47 Å². The number of benzene rings is 1. The van der Waals surface area contributed by atoms with Gasteiger partial charge < -0.3 is 20.1 Å². The summed E-state index contributed by atoms with van der Waals surface area (Å²) in [5.41, 5.74) is 2.88. The maximum atomic E-state index is 5.71. The van der Waals surface area contributed by atoms with Crippen molar-refractivity contribution in [1.29, 1.82) is 0 Å². The first kappa shape index (κ1) is 27.3. The SMILES string of the molecule is CN=C(NCC(CC(C)C)N1CCOCC1)NCC1(c2ccccc2C)CCOCC1.I. The molecule has 0 radical (unpaired) electrons. The predicted octanol–water partition coefficient (Wildman–Crippen LogP) is 3.57. The third-order valence-corrected chi connectivity index (χ3v) is 6.79. The van der Waals surface area contributed by atoms with Gasteiger partial charge in [0, 0.05) is 57.9 Å². The Kier molecular flexibility index (Phi) is 11.7. The molecule has 3 rings (SSSR count). The van der Waals surface area contributed by atoms with Gasteiger partial charge >= 0.3 is 0 Å². The normalized spacial score (nSPS) is 20.5. The lowest BCUT2D eigenvalue weighted by atomic mass is 9.72. The van der Waals surface area contributed by atoms with Gasteiger partial charge in [0.25, 0.3) is 0 Å². The largest absolute Gasteiger partial charge is 0.381 e. The lowest BCUT2D eigenvalue weighted by molar-refractivity contribution is 0.0132. The Morgan fingerprint density at radius 1 is 1.06 bits per heavy atom. The minimum Gasteiger partial charge on any atom is -0.381 e. The molecule has 1 atom stereocenters. The van der Waals surface area contributed by atoms with Crippen molar-refractivity contribution in [2.24, 2.45) is 10.9 Å². The summed E-state index contributed by atoms with van der Waals surface area (Å²) in [6, 6.07) is 9.29. The van der Waals surface area contributed by atoms with Crippen molar-refractivity contribution in [3.05, 3.63) is 35.4 Å². The number of guanidine groups is 1. The number of morpholine rings is 1. The van der Waals surface area contributed by atoms with E-state index in [1.54, 1.807) is 0 Å². The highest BCUT2D eigenvalue weighted by molar-refractivity contribution is 14.0. The van der Waals surface area contributed by atoms with Gasteiger partial charge in [-0.1, -0.05) is 38.1 Å². The Morgan fingerprint density at radius 3 is 2.34 bits per heavy atom. The van der Waals surface area contributed by atoms with E-state index in [2.05, 4.69) is 65.6 Å². The second kappa shape index (κ2) is 13.7. The van der Waals surface area contributed by atoms with Gasteiger partial charge in [-0.2, -0.15) is 0 Å². The average molecular weight is 559 g/mol. The van der Waals surface area contributed by atoms with Crippen LogP contribution >= 0.6 is 24.0 Å². The summed E-state index contributed by atoms with van der Waals surface area (Å²) in [4.78, 5) is 7.10. The first-order valence-corrected chi connectivity index (χ1v) is 11.9. The molecule has 0 bridgehead atoms. The number of nitrogens with one attached hydrogen (secondary N) is 2. The highest BCUT2D eigenvalue weighted by atomic mass is 127. The monoisotopic (exact) mass is 558 g/mol. The Bertz CT molecular complexity index is 701. The zero-order chi connectivity index (χ0) is 22.1. The summed E-state index contributed by atoms with van der Waals surface area (Å²) in [7, 11) is 1.87. The van der Waals surface area contributed by atoms with Gasteiger partial charge in [-0.3, -0.25) is 9.89 Å². The van der Waals surface area contributed by atoms with Crippen molar-refractivity contribution in [2.45, 2.75) is 51.5 Å². The molecule has 0 saturated carbocycles. The van der Waals surface area contributed by atoms with E-state index in [0.717, 1.165) is 71.4 Å². The van der Waals surface area contributed by atoms with Gasteiger partial charge in [0.2, 0.25) is 0 Å². The number of rotatable bonds is 8. The number of hydrogen-bond donors (Lipinski definition) is 2. The van der Waals surface area contributed by atoms with Crippen LogP contribution in [0.3, 0.4) is 0 Å². The number of aryl methyl sites for hydroxylation is 1. The van der Waals surface area contributed by atoms with Gasteiger partial charge in [-0.05, 0) is 43.2 Å². The number of hydrogen-bond acceptors (Lipinski definition) is 4. The molecule has 2 saturated heterocycles. The molecule has 2 heterocycles. The molecule has 32 heavy (non-hydrogen) atoms. The highest BCUT2D eigenvalue weighted by Crippen LogP contribution is 2.36. The lowest BCUT2D eigenvalue weighted by Gasteiger charge is -2.39. The number of nitrogens with zero attached hydrogens (tertiary/aromatic N) is 2. The van der Waals surface area contributed by atoms with Gasteiger partial charge in [0.1, 0.15) is 0 Å². The summed E-state index contributed by atoms with van der Waals surface area (Å²) >= 11 is 0. The Morgan fingerprint density at radius 2 is 1.72 bits per heavy atom. The summed E-state index contributed by atoms with van der Waals surface area (Å²) in [5, 5.41) is 7.28. The van der Waals surface area contributed by atoms with E-state index < -0.39 is 0 Å². The number of ether oxygens (including phenoxy) is 2. The van der Waals surface area contributed by atoms with Gasteiger partial charge in [-0.15, -0.1) is 24.0 Å². The van der Waals surface area contributed by atoms with E-state index in [1.807, 2.05) is 7.05 Å². The average Bonchev–Trinajstić information content (AvgIpc) is 2.79. The van der Waals surface area contributed by atoms with Gasteiger partial charge in [0.15, 0.2) is 5.96 Å². The molecule has 2 aliphatic rings. The molecule has 1 aromatic carbocycles. The minimum atomic E-state index is 0. The maximum Gasteiger partial charge on any atom is 0.191 e. The fraction of sp³-hybridized carbons (Fsp3) is 0.720. The van der Waals surface area contributed by atoms with Crippen LogP contribution in [-0.2, 0) is 14.9 Å². The Labute approximate surface area is 211 Å². The molecule has 182 valence electrons. The van der Waals surface area contributed by atoms with Crippen LogP contribution in [0.25, 0.3) is 0 Å². The van der Waals surface area contributed by atoms with Crippen molar-refractivity contribution in [1.82, 2.24) is 15.5 Å².